The number of carbonyl (C=O) groups excluding carboxylic acids is 1. The van der Waals surface area contributed by atoms with Crippen molar-refractivity contribution >= 4 is 46.4 Å². The summed E-state index contributed by atoms with van der Waals surface area (Å²) in [6.45, 7) is 0. The van der Waals surface area contributed by atoms with Crippen LogP contribution in [0.2, 0.25) is 5.15 Å². The van der Waals surface area contributed by atoms with Crippen LogP contribution in [0.1, 0.15) is 10.4 Å². The summed E-state index contributed by atoms with van der Waals surface area (Å²) >= 11 is 7.51. The van der Waals surface area contributed by atoms with Crippen LogP contribution in [-0.4, -0.2) is 11.3 Å². The standard InChI is InChI=1S/C6H4ClIN2O/c7-6-1-5(10-8)4(3-11)2-9-6/h1-3H,(H,9,10). The van der Waals surface area contributed by atoms with Crippen LogP contribution >= 0.6 is 34.5 Å². The summed E-state index contributed by atoms with van der Waals surface area (Å²) in [5.41, 5.74) is 1.18. The highest BCUT2D eigenvalue weighted by Crippen LogP contribution is 2.17. The van der Waals surface area contributed by atoms with E-state index in [2.05, 4.69) is 8.51 Å². The lowest BCUT2D eigenvalue weighted by molar-refractivity contribution is 0.112. The van der Waals surface area contributed by atoms with Gasteiger partial charge in [-0.25, -0.2) is 4.98 Å². The van der Waals surface area contributed by atoms with Gasteiger partial charge >= 0.3 is 0 Å². The van der Waals surface area contributed by atoms with E-state index in [1.807, 2.05) is 22.9 Å². The van der Waals surface area contributed by atoms with Crippen molar-refractivity contribution in [1.82, 2.24) is 4.98 Å². The second kappa shape index (κ2) is 3.87. The molecule has 1 rings (SSSR count). The molecule has 1 N–H and O–H groups in total. The normalized spacial score (nSPS) is 9.27. The minimum absolute atomic E-state index is 0.370. The van der Waals surface area contributed by atoms with Gasteiger partial charge in [-0.1, -0.05) is 11.6 Å². The zero-order valence-electron chi connectivity index (χ0n) is 5.34. The number of nitrogens with zero attached hydrogens (tertiary/aromatic N) is 1. The minimum Gasteiger partial charge on any atom is -0.328 e. The van der Waals surface area contributed by atoms with E-state index >= 15 is 0 Å². The van der Waals surface area contributed by atoms with Gasteiger partial charge in [-0.2, -0.15) is 0 Å². The molecule has 0 aliphatic carbocycles. The predicted molar refractivity (Wildman–Crippen MR) is 52.3 cm³/mol. The average molecular weight is 282 g/mol. The van der Waals surface area contributed by atoms with Crippen LogP contribution in [0.5, 0.6) is 0 Å². The maximum atomic E-state index is 10.4. The van der Waals surface area contributed by atoms with Crippen molar-refractivity contribution in [3.63, 3.8) is 0 Å². The monoisotopic (exact) mass is 282 g/mol. The van der Waals surface area contributed by atoms with E-state index in [0.29, 0.717) is 16.4 Å². The molecule has 0 unspecified atom stereocenters. The summed E-state index contributed by atoms with van der Waals surface area (Å²) in [5, 5.41) is 0.370. The van der Waals surface area contributed by atoms with Gasteiger partial charge in [-0.15, -0.1) is 0 Å². The van der Waals surface area contributed by atoms with Crippen LogP contribution in [0.3, 0.4) is 0 Å². The Kier molecular flexibility index (Phi) is 3.07. The molecule has 0 bridgehead atoms. The first-order valence-electron chi connectivity index (χ1n) is 2.75. The molecule has 58 valence electrons. The maximum Gasteiger partial charge on any atom is 0.153 e. The van der Waals surface area contributed by atoms with Crippen molar-refractivity contribution in [2.75, 3.05) is 3.53 Å². The second-order valence-electron chi connectivity index (χ2n) is 1.81. The fraction of sp³-hybridized carbons (Fsp3) is 0. The van der Waals surface area contributed by atoms with Gasteiger partial charge in [-0.05, 0) is 0 Å². The van der Waals surface area contributed by atoms with Crippen LogP contribution in [0.15, 0.2) is 12.3 Å². The molecule has 0 saturated carbocycles. The van der Waals surface area contributed by atoms with Crippen LogP contribution in [0, 0.1) is 0 Å². The molecule has 0 aromatic carbocycles. The van der Waals surface area contributed by atoms with Crippen molar-refractivity contribution in [3.05, 3.63) is 23.0 Å². The fourth-order valence-corrected chi connectivity index (χ4v) is 1.24. The van der Waals surface area contributed by atoms with Crippen molar-refractivity contribution in [3.8, 4) is 0 Å². The fourth-order valence-electron chi connectivity index (χ4n) is 0.616. The number of nitrogens with one attached hydrogen (secondary N) is 1. The number of halogens is 2. The van der Waals surface area contributed by atoms with Gasteiger partial charge < -0.3 is 3.53 Å². The zero-order chi connectivity index (χ0) is 8.27. The van der Waals surface area contributed by atoms with Gasteiger partial charge in [0.15, 0.2) is 6.29 Å². The molecule has 0 amide bonds. The van der Waals surface area contributed by atoms with Gasteiger partial charge in [-0.3, -0.25) is 4.79 Å². The first kappa shape index (κ1) is 8.73. The van der Waals surface area contributed by atoms with Gasteiger partial charge in [0.2, 0.25) is 0 Å². The van der Waals surface area contributed by atoms with E-state index in [1.165, 1.54) is 6.20 Å². The van der Waals surface area contributed by atoms with Crippen LogP contribution < -0.4 is 3.53 Å². The van der Waals surface area contributed by atoms with E-state index in [4.69, 9.17) is 11.6 Å². The largest absolute Gasteiger partial charge is 0.328 e. The Morgan fingerprint density at radius 1 is 1.73 bits per heavy atom. The molecular weight excluding hydrogens is 278 g/mol. The molecule has 0 saturated heterocycles. The number of hydrogen-bond acceptors (Lipinski definition) is 3. The quantitative estimate of drug-likeness (QED) is 0.392. The third-order valence-corrected chi connectivity index (χ3v) is 1.92. The zero-order valence-corrected chi connectivity index (χ0v) is 8.26. The lowest BCUT2D eigenvalue weighted by Gasteiger charge is -2.00. The highest BCUT2D eigenvalue weighted by molar-refractivity contribution is 14.1. The number of pyridine rings is 1. The summed E-state index contributed by atoms with van der Waals surface area (Å²) in [7, 11) is 0. The second-order valence-corrected chi connectivity index (χ2v) is 2.73. The third kappa shape index (κ3) is 2.03. The number of carbonyl (C=O) groups is 1. The van der Waals surface area contributed by atoms with Crippen LogP contribution in [0.25, 0.3) is 0 Å². The minimum atomic E-state index is 0.370. The summed E-state index contributed by atoms with van der Waals surface area (Å²) in [6, 6.07) is 1.59. The number of anilines is 1. The SMILES string of the molecule is O=Cc1cnc(Cl)cc1NI. The first-order valence-corrected chi connectivity index (χ1v) is 4.21. The smallest absolute Gasteiger partial charge is 0.153 e. The molecule has 0 aliphatic rings. The number of rotatable bonds is 2. The maximum absolute atomic E-state index is 10.4. The van der Waals surface area contributed by atoms with E-state index in [1.54, 1.807) is 6.07 Å². The lowest BCUT2D eigenvalue weighted by atomic mass is 10.3. The molecule has 1 aromatic rings. The van der Waals surface area contributed by atoms with Crippen LogP contribution in [-0.2, 0) is 0 Å². The van der Waals surface area contributed by atoms with Crippen molar-refractivity contribution < 1.29 is 4.79 Å². The topological polar surface area (TPSA) is 42.0 Å². The molecule has 0 radical (unpaired) electrons. The molecule has 11 heavy (non-hydrogen) atoms. The van der Waals surface area contributed by atoms with Crippen molar-refractivity contribution in [1.29, 1.82) is 0 Å². The Hall–Kier alpha value is -0.360. The van der Waals surface area contributed by atoms with Gasteiger partial charge in [0.05, 0.1) is 34.1 Å². The Balaban J connectivity index is 3.16. The van der Waals surface area contributed by atoms with E-state index in [9.17, 15) is 4.79 Å². The summed E-state index contributed by atoms with van der Waals surface area (Å²) < 4.78 is 2.80. The Bertz CT molecular complexity index is 279. The first-order chi connectivity index (χ1) is 5.27. The summed E-state index contributed by atoms with van der Waals surface area (Å²) in [4.78, 5) is 14.1. The molecule has 0 aliphatic heterocycles. The summed E-state index contributed by atoms with van der Waals surface area (Å²) in [5.74, 6) is 0. The van der Waals surface area contributed by atoms with E-state index in [0.717, 1.165) is 6.29 Å². The Morgan fingerprint density at radius 2 is 2.45 bits per heavy atom. The van der Waals surface area contributed by atoms with Crippen LogP contribution in [0.4, 0.5) is 5.69 Å². The Morgan fingerprint density at radius 3 is 3.00 bits per heavy atom. The molecule has 0 atom stereocenters. The number of aromatic nitrogens is 1. The van der Waals surface area contributed by atoms with E-state index in [-0.39, 0.29) is 0 Å². The Labute approximate surface area is 82.6 Å². The van der Waals surface area contributed by atoms with Crippen molar-refractivity contribution in [2.24, 2.45) is 0 Å². The average Bonchev–Trinajstić information content (AvgIpc) is 2.04. The number of aldehydes is 1. The highest BCUT2D eigenvalue weighted by atomic mass is 127. The van der Waals surface area contributed by atoms with Gasteiger partial charge in [0, 0.05) is 12.3 Å². The molecule has 1 aromatic heterocycles. The number of hydrogen-bond donors (Lipinski definition) is 1. The van der Waals surface area contributed by atoms with E-state index < -0.39 is 0 Å². The predicted octanol–water partition coefficient (Wildman–Crippen LogP) is 2.31. The van der Waals surface area contributed by atoms with Crippen molar-refractivity contribution in [2.45, 2.75) is 0 Å². The molecule has 5 heteroatoms. The summed E-state index contributed by atoms with van der Waals surface area (Å²) in [6.07, 6.45) is 2.15. The lowest BCUT2D eigenvalue weighted by Crippen LogP contribution is -1.90. The molecule has 0 fully saturated rings. The van der Waals surface area contributed by atoms with Gasteiger partial charge in [0.25, 0.3) is 0 Å². The third-order valence-electron chi connectivity index (χ3n) is 1.13. The highest BCUT2D eigenvalue weighted by Gasteiger charge is 2.00. The molecule has 3 nitrogen and oxygen atoms in total. The van der Waals surface area contributed by atoms with Gasteiger partial charge in [0.1, 0.15) is 5.15 Å². The molecule has 1 heterocycles. The molecular formula is C6H4ClIN2O. The molecule has 0 spiro atoms.